The maximum atomic E-state index is 12.1. The van der Waals surface area contributed by atoms with Gasteiger partial charge in [-0.2, -0.15) is 0 Å². The average molecular weight is 280 g/mol. The molecule has 1 fully saturated rings. The predicted molar refractivity (Wildman–Crippen MR) is 75.7 cm³/mol. The highest BCUT2D eigenvalue weighted by molar-refractivity contribution is 5.92. The van der Waals surface area contributed by atoms with Crippen LogP contribution < -0.4 is 5.32 Å². The summed E-state index contributed by atoms with van der Waals surface area (Å²) < 4.78 is 10.7. The second kappa shape index (κ2) is 5.95. The third-order valence-electron chi connectivity index (χ3n) is 4.03. The summed E-state index contributed by atoms with van der Waals surface area (Å²) in [5, 5.41) is 6.86. The summed E-state index contributed by atoms with van der Waals surface area (Å²) in [4.78, 5) is 12.1. The fourth-order valence-corrected chi connectivity index (χ4v) is 2.06. The van der Waals surface area contributed by atoms with Crippen LogP contribution in [0.2, 0.25) is 0 Å². The van der Waals surface area contributed by atoms with Gasteiger partial charge in [-0.25, -0.2) is 0 Å². The topological polar surface area (TPSA) is 64.4 Å². The Kier molecular flexibility index (Phi) is 4.48. The van der Waals surface area contributed by atoms with Crippen molar-refractivity contribution < 1.29 is 14.1 Å². The van der Waals surface area contributed by atoms with Crippen molar-refractivity contribution in [2.75, 3.05) is 13.2 Å². The van der Waals surface area contributed by atoms with E-state index in [1.54, 1.807) is 6.07 Å². The zero-order valence-electron chi connectivity index (χ0n) is 12.7. The van der Waals surface area contributed by atoms with E-state index < -0.39 is 0 Å². The Hall–Kier alpha value is -1.36. The molecule has 0 aromatic carbocycles. The Balaban J connectivity index is 1.99. The fourth-order valence-electron chi connectivity index (χ4n) is 2.06. The lowest BCUT2D eigenvalue weighted by Crippen LogP contribution is -2.41. The van der Waals surface area contributed by atoms with Crippen LogP contribution in [0.25, 0.3) is 0 Å². The molecule has 1 aliphatic rings. The summed E-state index contributed by atoms with van der Waals surface area (Å²) in [6.07, 6.45) is 1.85. The van der Waals surface area contributed by atoms with Crippen molar-refractivity contribution in [3.63, 3.8) is 0 Å². The molecule has 1 saturated heterocycles. The summed E-state index contributed by atoms with van der Waals surface area (Å²) >= 11 is 0. The number of carbonyl (C=O) groups is 1. The van der Waals surface area contributed by atoms with Crippen molar-refractivity contribution in [2.45, 2.75) is 52.5 Å². The molecular weight excluding hydrogens is 256 g/mol. The molecule has 112 valence electrons. The van der Waals surface area contributed by atoms with Crippen LogP contribution in [0.15, 0.2) is 10.6 Å². The molecule has 0 aliphatic carbocycles. The third-order valence-corrected chi connectivity index (χ3v) is 4.03. The molecule has 1 aromatic rings. The lowest BCUT2D eigenvalue weighted by atomic mass is 9.88. The molecule has 0 radical (unpaired) electrons. The molecule has 1 unspecified atom stereocenters. The number of rotatable bonds is 3. The van der Waals surface area contributed by atoms with Gasteiger partial charge in [0.1, 0.15) is 5.76 Å². The summed E-state index contributed by atoms with van der Waals surface area (Å²) in [5.41, 5.74) is 0.380. The quantitative estimate of drug-likeness (QED) is 0.924. The van der Waals surface area contributed by atoms with Gasteiger partial charge in [0.05, 0.1) is 0 Å². The Labute approximate surface area is 120 Å². The highest BCUT2D eigenvalue weighted by atomic mass is 16.5. The summed E-state index contributed by atoms with van der Waals surface area (Å²) in [6.45, 7) is 9.76. The fraction of sp³-hybridized carbons (Fsp3) is 0.733. The van der Waals surface area contributed by atoms with E-state index in [1.807, 2.05) is 6.92 Å². The minimum atomic E-state index is -0.172. The first-order valence-electron chi connectivity index (χ1n) is 7.23. The Morgan fingerprint density at radius 2 is 2.05 bits per heavy atom. The monoisotopic (exact) mass is 280 g/mol. The van der Waals surface area contributed by atoms with Crippen LogP contribution in [0.3, 0.4) is 0 Å². The molecule has 1 atom stereocenters. The van der Waals surface area contributed by atoms with Crippen LogP contribution in [-0.4, -0.2) is 30.3 Å². The molecule has 20 heavy (non-hydrogen) atoms. The normalized spacial score (nSPS) is 18.8. The van der Waals surface area contributed by atoms with Gasteiger partial charge in [0.2, 0.25) is 0 Å². The van der Waals surface area contributed by atoms with Crippen molar-refractivity contribution in [2.24, 2.45) is 5.41 Å². The number of hydrogen-bond acceptors (Lipinski definition) is 4. The largest absolute Gasteiger partial charge is 0.381 e. The van der Waals surface area contributed by atoms with Crippen LogP contribution in [0.1, 0.15) is 62.7 Å². The summed E-state index contributed by atoms with van der Waals surface area (Å²) in [5.74, 6) is 0.939. The minimum absolute atomic E-state index is 0.0168. The number of ether oxygens (including phenoxy) is 1. The van der Waals surface area contributed by atoms with Gasteiger partial charge >= 0.3 is 0 Å². The maximum Gasteiger partial charge on any atom is 0.273 e. The molecule has 1 amide bonds. The van der Waals surface area contributed by atoms with Gasteiger partial charge in [0.25, 0.3) is 5.91 Å². The summed E-state index contributed by atoms with van der Waals surface area (Å²) in [6, 6.07) is 1.83. The van der Waals surface area contributed by atoms with E-state index in [0.29, 0.717) is 11.6 Å². The Bertz CT molecular complexity index is 456. The van der Waals surface area contributed by atoms with Crippen LogP contribution in [0.5, 0.6) is 0 Å². The zero-order chi connectivity index (χ0) is 14.8. The number of carbonyl (C=O) groups excluding carboxylic acids is 1. The molecular formula is C15H24N2O3. The van der Waals surface area contributed by atoms with E-state index in [2.05, 4.69) is 31.2 Å². The first kappa shape index (κ1) is 15.0. The number of aromatic nitrogens is 1. The highest BCUT2D eigenvalue weighted by Gasteiger charge is 2.25. The number of amides is 1. The molecule has 1 aliphatic heterocycles. The molecule has 0 saturated carbocycles. The molecule has 0 bridgehead atoms. The third kappa shape index (κ3) is 3.60. The van der Waals surface area contributed by atoms with Crippen molar-refractivity contribution in [3.8, 4) is 0 Å². The molecule has 5 heteroatoms. The van der Waals surface area contributed by atoms with Gasteiger partial charge in [0.15, 0.2) is 5.69 Å². The second-order valence-electron chi connectivity index (χ2n) is 6.56. The van der Waals surface area contributed by atoms with E-state index in [1.165, 1.54) is 0 Å². The first-order valence-corrected chi connectivity index (χ1v) is 7.23. The minimum Gasteiger partial charge on any atom is -0.381 e. The Morgan fingerprint density at radius 1 is 1.40 bits per heavy atom. The van der Waals surface area contributed by atoms with Gasteiger partial charge < -0.3 is 14.6 Å². The lowest BCUT2D eigenvalue weighted by molar-refractivity contribution is 0.0789. The van der Waals surface area contributed by atoms with E-state index in [9.17, 15) is 4.79 Å². The van der Waals surface area contributed by atoms with Crippen LogP contribution in [0.4, 0.5) is 0 Å². The van der Waals surface area contributed by atoms with Crippen molar-refractivity contribution in [1.29, 1.82) is 0 Å². The standard InChI is InChI=1S/C15H24N2O3/c1-10(15(2,3)4)16-14(18)12-9-13(20-17-12)11-5-7-19-8-6-11/h9-11H,5-8H2,1-4H3,(H,16,18). The van der Waals surface area contributed by atoms with Gasteiger partial charge in [-0.05, 0) is 25.2 Å². The van der Waals surface area contributed by atoms with Crippen LogP contribution in [-0.2, 0) is 4.74 Å². The first-order chi connectivity index (χ1) is 9.38. The molecule has 0 spiro atoms. The Morgan fingerprint density at radius 3 is 2.65 bits per heavy atom. The highest BCUT2D eigenvalue weighted by Crippen LogP contribution is 2.27. The van der Waals surface area contributed by atoms with Gasteiger partial charge in [-0.1, -0.05) is 25.9 Å². The average Bonchev–Trinajstić information content (AvgIpc) is 2.88. The lowest BCUT2D eigenvalue weighted by Gasteiger charge is -2.27. The number of nitrogens with one attached hydrogen (secondary N) is 1. The molecule has 1 aromatic heterocycles. The van der Waals surface area contributed by atoms with E-state index >= 15 is 0 Å². The number of nitrogens with zero attached hydrogens (tertiary/aromatic N) is 1. The SMILES string of the molecule is CC(NC(=O)c1cc(C2CCOCC2)on1)C(C)(C)C. The van der Waals surface area contributed by atoms with E-state index in [0.717, 1.165) is 31.8 Å². The van der Waals surface area contributed by atoms with Crippen molar-refractivity contribution >= 4 is 5.91 Å². The molecule has 2 heterocycles. The zero-order valence-corrected chi connectivity index (χ0v) is 12.7. The van der Waals surface area contributed by atoms with Crippen molar-refractivity contribution in [3.05, 3.63) is 17.5 Å². The summed E-state index contributed by atoms with van der Waals surface area (Å²) in [7, 11) is 0. The number of hydrogen-bond donors (Lipinski definition) is 1. The van der Waals surface area contributed by atoms with Gasteiger partial charge in [0, 0.05) is 31.2 Å². The molecule has 1 N–H and O–H groups in total. The molecule has 5 nitrogen and oxygen atoms in total. The molecule has 2 rings (SSSR count). The van der Waals surface area contributed by atoms with Crippen LogP contribution >= 0.6 is 0 Å². The van der Waals surface area contributed by atoms with E-state index in [4.69, 9.17) is 9.26 Å². The predicted octanol–water partition coefficient (Wildman–Crippen LogP) is 2.73. The maximum absolute atomic E-state index is 12.1. The van der Waals surface area contributed by atoms with Crippen molar-refractivity contribution in [1.82, 2.24) is 10.5 Å². The smallest absolute Gasteiger partial charge is 0.273 e. The van der Waals surface area contributed by atoms with Gasteiger partial charge in [-0.15, -0.1) is 0 Å². The van der Waals surface area contributed by atoms with Gasteiger partial charge in [-0.3, -0.25) is 4.79 Å². The second-order valence-corrected chi connectivity index (χ2v) is 6.56. The van der Waals surface area contributed by atoms with E-state index in [-0.39, 0.29) is 17.4 Å². The van der Waals surface area contributed by atoms with Crippen LogP contribution in [0, 0.1) is 5.41 Å².